The topological polar surface area (TPSA) is 58.2 Å². The van der Waals surface area contributed by atoms with Crippen LogP contribution in [0.15, 0.2) is 0 Å². The van der Waals surface area contributed by atoms with Crippen molar-refractivity contribution >= 4 is 35.0 Å². The molecule has 14 heavy (non-hydrogen) atoms. The van der Waals surface area contributed by atoms with Gasteiger partial charge in [0.05, 0.1) is 5.92 Å². The molecular formula is C8H12Cl2N2O2. The lowest BCUT2D eigenvalue weighted by Crippen LogP contribution is -2.43. The van der Waals surface area contributed by atoms with Crippen molar-refractivity contribution in [1.29, 1.82) is 0 Å². The van der Waals surface area contributed by atoms with E-state index in [1.54, 1.807) is 0 Å². The van der Waals surface area contributed by atoms with Crippen LogP contribution in [0.3, 0.4) is 0 Å². The van der Waals surface area contributed by atoms with E-state index in [0.717, 1.165) is 0 Å². The Hall–Kier alpha value is -0.480. The van der Waals surface area contributed by atoms with Crippen molar-refractivity contribution in [3.63, 3.8) is 0 Å². The minimum Gasteiger partial charge on any atom is -0.355 e. The SMILES string of the molecule is O=C1CCC(C(=O)NCC(Cl)Cl)CN1. The molecule has 1 atom stereocenters. The van der Waals surface area contributed by atoms with Crippen molar-refractivity contribution in [2.24, 2.45) is 5.92 Å². The molecular weight excluding hydrogens is 227 g/mol. The largest absolute Gasteiger partial charge is 0.355 e. The molecule has 1 fully saturated rings. The maximum absolute atomic E-state index is 11.4. The lowest BCUT2D eigenvalue weighted by molar-refractivity contribution is -0.128. The third-order valence-electron chi connectivity index (χ3n) is 2.07. The van der Waals surface area contributed by atoms with E-state index in [9.17, 15) is 9.59 Å². The zero-order chi connectivity index (χ0) is 10.6. The van der Waals surface area contributed by atoms with Gasteiger partial charge in [-0.2, -0.15) is 0 Å². The van der Waals surface area contributed by atoms with Crippen molar-refractivity contribution in [2.75, 3.05) is 13.1 Å². The average Bonchev–Trinajstić information content (AvgIpc) is 2.15. The van der Waals surface area contributed by atoms with E-state index in [-0.39, 0.29) is 24.3 Å². The lowest BCUT2D eigenvalue weighted by Gasteiger charge is -2.21. The number of nitrogens with one attached hydrogen (secondary N) is 2. The zero-order valence-corrected chi connectivity index (χ0v) is 9.07. The molecule has 0 radical (unpaired) electrons. The maximum Gasteiger partial charge on any atom is 0.224 e. The minimum absolute atomic E-state index is 0.00149. The molecule has 1 saturated heterocycles. The molecule has 0 spiro atoms. The molecule has 2 N–H and O–H groups in total. The minimum atomic E-state index is -0.586. The quantitative estimate of drug-likeness (QED) is 0.702. The number of hydrogen-bond acceptors (Lipinski definition) is 2. The molecule has 0 bridgehead atoms. The number of hydrogen-bond donors (Lipinski definition) is 2. The van der Waals surface area contributed by atoms with E-state index in [1.165, 1.54) is 0 Å². The zero-order valence-electron chi connectivity index (χ0n) is 7.56. The summed E-state index contributed by atoms with van der Waals surface area (Å²) in [6.45, 7) is 0.645. The second kappa shape index (κ2) is 5.41. The fourth-order valence-corrected chi connectivity index (χ4v) is 1.43. The van der Waals surface area contributed by atoms with E-state index in [4.69, 9.17) is 23.2 Å². The molecule has 0 saturated carbocycles. The number of alkyl halides is 2. The van der Waals surface area contributed by atoms with Crippen LogP contribution in [0.1, 0.15) is 12.8 Å². The smallest absolute Gasteiger partial charge is 0.224 e. The van der Waals surface area contributed by atoms with Crippen molar-refractivity contribution in [3.05, 3.63) is 0 Å². The summed E-state index contributed by atoms with van der Waals surface area (Å²) in [5.41, 5.74) is 0. The van der Waals surface area contributed by atoms with E-state index < -0.39 is 4.84 Å². The molecule has 0 aromatic rings. The van der Waals surface area contributed by atoms with Crippen LogP contribution in [0.4, 0.5) is 0 Å². The van der Waals surface area contributed by atoms with Gasteiger partial charge in [0, 0.05) is 19.5 Å². The molecule has 1 rings (SSSR count). The van der Waals surface area contributed by atoms with Gasteiger partial charge in [-0.25, -0.2) is 0 Å². The highest BCUT2D eigenvalue weighted by molar-refractivity contribution is 6.44. The van der Waals surface area contributed by atoms with Crippen molar-refractivity contribution in [3.8, 4) is 0 Å². The second-order valence-electron chi connectivity index (χ2n) is 3.18. The summed E-state index contributed by atoms with van der Waals surface area (Å²) < 4.78 is 0. The van der Waals surface area contributed by atoms with Crippen molar-refractivity contribution < 1.29 is 9.59 Å². The van der Waals surface area contributed by atoms with Gasteiger partial charge in [0.15, 0.2) is 0 Å². The number of rotatable bonds is 3. The van der Waals surface area contributed by atoms with Gasteiger partial charge in [-0.05, 0) is 6.42 Å². The number of carbonyl (C=O) groups is 2. The number of piperidine rings is 1. The first-order valence-electron chi connectivity index (χ1n) is 4.42. The van der Waals surface area contributed by atoms with E-state index in [2.05, 4.69) is 10.6 Å². The Labute approximate surface area is 92.3 Å². The van der Waals surface area contributed by atoms with Crippen LogP contribution in [-0.2, 0) is 9.59 Å². The Morgan fingerprint density at radius 1 is 1.64 bits per heavy atom. The molecule has 6 heteroatoms. The molecule has 0 aliphatic carbocycles. The normalized spacial score (nSPS) is 21.9. The van der Waals surface area contributed by atoms with Crippen LogP contribution < -0.4 is 10.6 Å². The third-order valence-corrected chi connectivity index (χ3v) is 2.38. The van der Waals surface area contributed by atoms with Crippen LogP contribution in [0, 0.1) is 5.92 Å². The van der Waals surface area contributed by atoms with Crippen LogP contribution in [-0.4, -0.2) is 29.7 Å². The van der Waals surface area contributed by atoms with Gasteiger partial charge in [-0.15, -0.1) is 23.2 Å². The van der Waals surface area contributed by atoms with Gasteiger partial charge in [-0.1, -0.05) is 0 Å². The average molecular weight is 239 g/mol. The second-order valence-corrected chi connectivity index (χ2v) is 4.45. The first-order valence-corrected chi connectivity index (χ1v) is 5.29. The van der Waals surface area contributed by atoms with Gasteiger partial charge in [0.2, 0.25) is 11.8 Å². The Morgan fingerprint density at radius 2 is 2.36 bits per heavy atom. The predicted molar refractivity (Wildman–Crippen MR) is 54.2 cm³/mol. The number of halogens is 2. The van der Waals surface area contributed by atoms with Gasteiger partial charge in [0.1, 0.15) is 4.84 Å². The third kappa shape index (κ3) is 3.72. The molecule has 1 aliphatic heterocycles. The Kier molecular flexibility index (Phi) is 4.48. The monoisotopic (exact) mass is 238 g/mol. The van der Waals surface area contributed by atoms with Crippen LogP contribution in [0.25, 0.3) is 0 Å². The summed E-state index contributed by atoms with van der Waals surface area (Å²) in [6, 6.07) is 0. The van der Waals surface area contributed by atoms with Gasteiger partial charge < -0.3 is 10.6 Å². The highest BCUT2D eigenvalue weighted by Gasteiger charge is 2.24. The number of amides is 2. The molecule has 0 aromatic heterocycles. The molecule has 1 aliphatic rings. The first kappa shape index (κ1) is 11.6. The summed E-state index contributed by atoms with van der Waals surface area (Å²) in [5.74, 6) is -0.252. The number of carbonyl (C=O) groups excluding carboxylic acids is 2. The van der Waals surface area contributed by atoms with Gasteiger partial charge >= 0.3 is 0 Å². The van der Waals surface area contributed by atoms with Crippen LogP contribution in [0.5, 0.6) is 0 Å². The highest BCUT2D eigenvalue weighted by Crippen LogP contribution is 2.10. The summed E-state index contributed by atoms with van der Waals surface area (Å²) in [6.07, 6.45) is 0.996. The molecule has 1 unspecified atom stereocenters. The molecule has 1 heterocycles. The van der Waals surface area contributed by atoms with Gasteiger partial charge in [0.25, 0.3) is 0 Å². The molecule has 0 aromatic carbocycles. The summed E-state index contributed by atoms with van der Waals surface area (Å²) >= 11 is 10.9. The molecule has 2 amide bonds. The molecule has 4 nitrogen and oxygen atoms in total. The Morgan fingerprint density at radius 3 is 2.86 bits per heavy atom. The van der Waals surface area contributed by atoms with E-state index in [0.29, 0.717) is 19.4 Å². The summed E-state index contributed by atoms with van der Waals surface area (Å²) in [4.78, 5) is 21.7. The Balaban J connectivity index is 2.27. The Bertz CT molecular complexity index is 223. The lowest BCUT2D eigenvalue weighted by atomic mass is 9.98. The summed E-state index contributed by atoms with van der Waals surface area (Å²) in [5, 5.41) is 5.25. The van der Waals surface area contributed by atoms with E-state index in [1.807, 2.05) is 0 Å². The van der Waals surface area contributed by atoms with E-state index >= 15 is 0 Å². The first-order chi connectivity index (χ1) is 6.59. The predicted octanol–water partition coefficient (Wildman–Crippen LogP) is 0.432. The summed E-state index contributed by atoms with van der Waals surface area (Å²) in [7, 11) is 0. The standard InChI is InChI=1S/C8H12Cl2N2O2/c9-6(10)4-12-8(14)5-1-2-7(13)11-3-5/h5-6H,1-4H2,(H,11,13)(H,12,14). The fraction of sp³-hybridized carbons (Fsp3) is 0.750. The fourth-order valence-electron chi connectivity index (χ4n) is 1.28. The van der Waals surface area contributed by atoms with Crippen LogP contribution in [0.2, 0.25) is 0 Å². The maximum atomic E-state index is 11.4. The molecule has 80 valence electrons. The van der Waals surface area contributed by atoms with Crippen molar-refractivity contribution in [1.82, 2.24) is 10.6 Å². The highest BCUT2D eigenvalue weighted by atomic mass is 35.5. The van der Waals surface area contributed by atoms with Crippen molar-refractivity contribution in [2.45, 2.75) is 17.7 Å². The van der Waals surface area contributed by atoms with Gasteiger partial charge in [-0.3, -0.25) is 9.59 Å². The van der Waals surface area contributed by atoms with Crippen LogP contribution >= 0.6 is 23.2 Å².